The van der Waals surface area contributed by atoms with Crippen molar-refractivity contribution in [2.75, 3.05) is 5.73 Å². The highest BCUT2D eigenvalue weighted by Gasteiger charge is 2.09. The van der Waals surface area contributed by atoms with E-state index >= 15 is 0 Å². The van der Waals surface area contributed by atoms with Crippen LogP contribution in [0.5, 0.6) is 0 Å². The summed E-state index contributed by atoms with van der Waals surface area (Å²) >= 11 is 0. The van der Waals surface area contributed by atoms with Crippen molar-refractivity contribution in [3.63, 3.8) is 0 Å². The maximum Gasteiger partial charge on any atom is 0.162 e. The minimum Gasteiger partial charge on any atom is -0.384 e. The molecule has 0 saturated heterocycles. The Kier molecular flexibility index (Phi) is 3.40. The molecule has 2 N–H and O–H groups in total. The fraction of sp³-hybridized carbons (Fsp3) is 0.111. The highest BCUT2D eigenvalue weighted by atomic mass is 14.9. The van der Waals surface area contributed by atoms with Crippen LogP contribution in [0.1, 0.15) is 11.1 Å². The Balaban J connectivity index is 2.14. The lowest BCUT2D eigenvalue weighted by atomic mass is 10.0. The van der Waals surface area contributed by atoms with Crippen LogP contribution >= 0.6 is 0 Å². The van der Waals surface area contributed by atoms with Gasteiger partial charge in [0.1, 0.15) is 5.82 Å². The lowest BCUT2D eigenvalue weighted by Gasteiger charge is -2.09. The second-order valence-electron chi connectivity index (χ2n) is 5.19. The molecule has 0 unspecified atom stereocenters. The predicted molar refractivity (Wildman–Crippen MR) is 86.8 cm³/mol. The average Bonchev–Trinajstić information content (AvgIpc) is 2.47. The third-order valence-electron chi connectivity index (χ3n) is 3.44. The number of nitrogens with two attached hydrogens (primary N) is 1. The van der Waals surface area contributed by atoms with Gasteiger partial charge in [-0.15, -0.1) is 0 Å². The SMILES string of the molecule is Cc1ccc(-c2cc(N)nc(-c3ccccc3)n2)c(C)c1. The molecule has 1 heterocycles. The molecule has 0 spiro atoms. The molecule has 3 heteroatoms. The molecular weight excluding hydrogens is 258 g/mol. The van der Waals surface area contributed by atoms with Crippen LogP contribution in [0.3, 0.4) is 0 Å². The molecule has 0 atom stereocenters. The largest absolute Gasteiger partial charge is 0.384 e. The van der Waals surface area contributed by atoms with Crippen molar-refractivity contribution in [1.29, 1.82) is 0 Å². The summed E-state index contributed by atoms with van der Waals surface area (Å²) in [6, 6.07) is 18.0. The minimum atomic E-state index is 0.485. The molecule has 0 aliphatic heterocycles. The van der Waals surface area contributed by atoms with Crippen LogP contribution in [-0.2, 0) is 0 Å². The van der Waals surface area contributed by atoms with Gasteiger partial charge in [0, 0.05) is 17.2 Å². The molecule has 0 saturated carbocycles. The number of nitrogens with zero attached hydrogens (tertiary/aromatic N) is 2. The monoisotopic (exact) mass is 275 g/mol. The summed E-state index contributed by atoms with van der Waals surface area (Å²) in [6.07, 6.45) is 0. The second-order valence-corrected chi connectivity index (χ2v) is 5.19. The Morgan fingerprint density at radius 1 is 0.857 bits per heavy atom. The first-order valence-corrected chi connectivity index (χ1v) is 6.91. The topological polar surface area (TPSA) is 51.8 Å². The van der Waals surface area contributed by atoms with Crippen LogP contribution in [0.2, 0.25) is 0 Å². The van der Waals surface area contributed by atoms with E-state index < -0.39 is 0 Å². The first-order valence-electron chi connectivity index (χ1n) is 6.91. The molecule has 104 valence electrons. The molecule has 0 radical (unpaired) electrons. The standard InChI is InChI=1S/C18H17N3/c1-12-8-9-15(13(2)10-12)16-11-17(19)21-18(20-16)14-6-4-3-5-7-14/h3-11H,1-2H3,(H2,19,20,21). The van der Waals surface area contributed by atoms with Crippen LogP contribution in [0.4, 0.5) is 5.82 Å². The van der Waals surface area contributed by atoms with Gasteiger partial charge in [-0.05, 0) is 19.4 Å². The van der Waals surface area contributed by atoms with E-state index in [1.807, 2.05) is 36.4 Å². The summed E-state index contributed by atoms with van der Waals surface area (Å²) in [6.45, 7) is 4.17. The van der Waals surface area contributed by atoms with Crippen LogP contribution in [0, 0.1) is 13.8 Å². The van der Waals surface area contributed by atoms with Crippen LogP contribution < -0.4 is 5.73 Å². The highest BCUT2D eigenvalue weighted by molar-refractivity contribution is 5.69. The van der Waals surface area contributed by atoms with E-state index in [4.69, 9.17) is 5.73 Å². The fourth-order valence-electron chi connectivity index (χ4n) is 2.42. The minimum absolute atomic E-state index is 0.485. The van der Waals surface area contributed by atoms with Crippen molar-refractivity contribution < 1.29 is 0 Å². The third-order valence-corrected chi connectivity index (χ3v) is 3.44. The maximum atomic E-state index is 5.96. The molecule has 0 amide bonds. The van der Waals surface area contributed by atoms with Gasteiger partial charge in [-0.25, -0.2) is 9.97 Å². The van der Waals surface area contributed by atoms with E-state index in [1.165, 1.54) is 11.1 Å². The normalized spacial score (nSPS) is 10.6. The van der Waals surface area contributed by atoms with Crippen molar-refractivity contribution in [2.45, 2.75) is 13.8 Å². The molecule has 3 nitrogen and oxygen atoms in total. The van der Waals surface area contributed by atoms with Crippen LogP contribution in [0.15, 0.2) is 54.6 Å². The number of rotatable bonds is 2. The van der Waals surface area contributed by atoms with Gasteiger partial charge in [-0.2, -0.15) is 0 Å². The van der Waals surface area contributed by atoms with E-state index in [9.17, 15) is 0 Å². The van der Waals surface area contributed by atoms with Crippen LogP contribution in [0.25, 0.3) is 22.6 Å². The van der Waals surface area contributed by atoms with E-state index in [2.05, 4.69) is 42.0 Å². The molecule has 21 heavy (non-hydrogen) atoms. The summed E-state index contributed by atoms with van der Waals surface area (Å²) in [5, 5.41) is 0. The van der Waals surface area contributed by atoms with Crippen molar-refractivity contribution in [3.8, 4) is 22.6 Å². The first-order chi connectivity index (χ1) is 10.1. The number of aromatic nitrogens is 2. The van der Waals surface area contributed by atoms with E-state index in [0.717, 1.165) is 16.8 Å². The van der Waals surface area contributed by atoms with Crippen molar-refractivity contribution in [3.05, 3.63) is 65.7 Å². The number of nitrogen functional groups attached to an aromatic ring is 1. The van der Waals surface area contributed by atoms with Gasteiger partial charge in [0.2, 0.25) is 0 Å². The summed E-state index contributed by atoms with van der Waals surface area (Å²) in [5.74, 6) is 1.14. The number of hydrogen-bond acceptors (Lipinski definition) is 3. The average molecular weight is 275 g/mol. The zero-order valence-electron chi connectivity index (χ0n) is 12.2. The highest BCUT2D eigenvalue weighted by Crippen LogP contribution is 2.26. The number of hydrogen-bond donors (Lipinski definition) is 1. The summed E-state index contributed by atoms with van der Waals surface area (Å²) in [4.78, 5) is 9.02. The molecule has 0 aliphatic carbocycles. The van der Waals surface area contributed by atoms with Crippen molar-refractivity contribution in [1.82, 2.24) is 9.97 Å². The Morgan fingerprint density at radius 2 is 1.62 bits per heavy atom. The molecule has 0 bridgehead atoms. The molecule has 0 aliphatic rings. The molecule has 2 aromatic carbocycles. The van der Waals surface area contributed by atoms with E-state index in [0.29, 0.717) is 11.6 Å². The number of aryl methyl sites for hydroxylation is 2. The second kappa shape index (κ2) is 5.37. The van der Waals surface area contributed by atoms with Crippen LogP contribution in [-0.4, -0.2) is 9.97 Å². The van der Waals surface area contributed by atoms with E-state index in [1.54, 1.807) is 0 Å². The molecule has 3 aromatic rings. The quantitative estimate of drug-likeness (QED) is 0.768. The van der Waals surface area contributed by atoms with Gasteiger partial charge in [0.15, 0.2) is 5.82 Å². The van der Waals surface area contributed by atoms with Gasteiger partial charge in [-0.3, -0.25) is 0 Å². The van der Waals surface area contributed by atoms with Gasteiger partial charge < -0.3 is 5.73 Å². The summed E-state index contributed by atoms with van der Waals surface area (Å²) in [7, 11) is 0. The molecular formula is C18H17N3. The lowest BCUT2D eigenvalue weighted by molar-refractivity contribution is 1.18. The maximum absolute atomic E-state index is 5.96. The number of benzene rings is 2. The van der Waals surface area contributed by atoms with E-state index in [-0.39, 0.29) is 0 Å². The first kappa shape index (κ1) is 13.3. The summed E-state index contributed by atoms with van der Waals surface area (Å²) < 4.78 is 0. The van der Waals surface area contributed by atoms with Gasteiger partial charge >= 0.3 is 0 Å². The van der Waals surface area contributed by atoms with Gasteiger partial charge in [0.25, 0.3) is 0 Å². The van der Waals surface area contributed by atoms with Crippen molar-refractivity contribution in [2.24, 2.45) is 0 Å². The fourth-order valence-corrected chi connectivity index (χ4v) is 2.42. The predicted octanol–water partition coefficient (Wildman–Crippen LogP) is 4.01. The smallest absolute Gasteiger partial charge is 0.162 e. The third kappa shape index (κ3) is 2.77. The lowest BCUT2D eigenvalue weighted by Crippen LogP contribution is -1.98. The molecule has 3 rings (SSSR count). The summed E-state index contributed by atoms with van der Waals surface area (Å²) in [5.41, 5.74) is 11.3. The zero-order chi connectivity index (χ0) is 14.8. The Labute approximate surface area is 124 Å². The Morgan fingerprint density at radius 3 is 2.33 bits per heavy atom. The number of anilines is 1. The molecule has 1 aromatic heterocycles. The Bertz CT molecular complexity index is 780. The van der Waals surface area contributed by atoms with Gasteiger partial charge in [-0.1, -0.05) is 54.1 Å². The Hall–Kier alpha value is -2.68. The van der Waals surface area contributed by atoms with Gasteiger partial charge in [0.05, 0.1) is 5.69 Å². The van der Waals surface area contributed by atoms with Crippen molar-refractivity contribution >= 4 is 5.82 Å². The zero-order valence-corrected chi connectivity index (χ0v) is 12.2. The molecule has 0 fully saturated rings.